The van der Waals surface area contributed by atoms with Crippen LogP contribution in [-0.4, -0.2) is 39.4 Å². The number of likely N-dealkylation sites (N-methyl/N-ethyl adjacent to an activating group) is 1. The maximum absolute atomic E-state index is 11.5. The summed E-state index contributed by atoms with van der Waals surface area (Å²) < 4.78 is 10.1. The van der Waals surface area contributed by atoms with Crippen LogP contribution in [0.15, 0.2) is 18.2 Å². The highest BCUT2D eigenvalue weighted by Crippen LogP contribution is 2.24. The molecule has 0 aliphatic heterocycles. The average Bonchev–Trinajstić information content (AvgIpc) is 2.44. The number of nitrogen functional groups attached to an aromatic ring is 1. The van der Waals surface area contributed by atoms with E-state index in [9.17, 15) is 4.79 Å². The number of nitrogens with two attached hydrogens (primary N) is 1. The minimum atomic E-state index is -0.359. The van der Waals surface area contributed by atoms with Crippen LogP contribution in [-0.2, 0) is 9.47 Å². The van der Waals surface area contributed by atoms with Gasteiger partial charge in [0.15, 0.2) is 0 Å². The number of ether oxygens (including phenoxy) is 2. The van der Waals surface area contributed by atoms with Gasteiger partial charge in [0.25, 0.3) is 0 Å². The molecule has 0 aliphatic rings. The first-order valence-electron chi connectivity index (χ1n) is 6.44. The second-order valence-corrected chi connectivity index (χ2v) is 4.04. The Labute approximate surface area is 114 Å². The number of benzene rings is 1. The Morgan fingerprint density at radius 1 is 1.37 bits per heavy atom. The summed E-state index contributed by atoms with van der Waals surface area (Å²) in [7, 11) is 1.37. The van der Waals surface area contributed by atoms with E-state index in [1.807, 2.05) is 13.8 Å². The molecule has 0 saturated heterocycles. The summed E-state index contributed by atoms with van der Waals surface area (Å²) in [4.78, 5) is 13.6. The summed E-state index contributed by atoms with van der Waals surface area (Å²) in [5, 5.41) is 0. The minimum absolute atomic E-state index is 0.359. The standard InChI is InChI=1S/C14H22N2O3/c1-4-16(8-9-19-5-2)13-10-11(14(17)18-3)6-7-12(13)15/h6-7,10H,4-5,8-9,15H2,1-3H3. The van der Waals surface area contributed by atoms with Gasteiger partial charge in [-0.15, -0.1) is 0 Å². The van der Waals surface area contributed by atoms with Crippen LogP contribution in [0, 0.1) is 0 Å². The number of nitrogens with zero attached hydrogens (tertiary/aromatic N) is 1. The topological polar surface area (TPSA) is 64.8 Å². The Bertz CT molecular complexity index is 421. The SMILES string of the molecule is CCOCCN(CC)c1cc(C(=O)OC)ccc1N. The van der Waals surface area contributed by atoms with Crippen molar-refractivity contribution in [1.29, 1.82) is 0 Å². The molecule has 0 bridgehead atoms. The minimum Gasteiger partial charge on any atom is -0.465 e. The predicted octanol–water partition coefficient (Wildman–Crippen LogP) is 1.92. The van der Waals surface area contributed by atoms with E-state index in [-0.39, 0.29) is 5.97 Å². The Morgan fingerprint density at radius 2 is 2.11 bits per heavy atom. The molecule has 0 saturated carbocycles. The molecule has 0 spiro atoms. The first-order valence-corrected chi connectivity index (χ1v) is 6.44. The van der Waals surface area contributed by atoms with Crippen LogP contribution in [0.25, 0.3) is 0 Å². The third-order valence-corrected chi connectivity index (χ3v) is 2.88. The van der Waals surface area contributed by atoms with Crippen LogP contribution in [0.4, 0.5) is 11.4 Å². The molecule has 0 unspecified atom stereocenters. The summed E-state index contributed by atoms with van der Waals surface area (Å²) in [6, 6.07) is 5.16. The zero-order valence-electron chi connectivity index (χ0n) is 11.8. The number of anilines is 2. The fraction of sp³-hybridized carbons (Fsp3) is 0.500. The maximum Gasteiger partial charge on any atom is 0.337 e. The van der Waals surface area contributed by atoms with Crippen molar-refractivity contribution in [3.8, 4) is 0 Å². The second kappa shape index (κ2) is 7.63. The highest BCUT2D eigenvalue weighted by Gasteiger charge is 2.12. The van der Waals surface area contributed by atoms with Gasteiger partial charge in [-0.3, -0.25) is 0 Å². The lowest BCUT2D eigenvalue weighted by molar-refractivity contribution is 0.0601. The molecule has 0 heterocycles. The highest BCUT2D eigenvalue weighted by molar-refractivity contribution is 5.92. The van der Waals surface area contributed by atoms with E-state index in [1.165, 1.54) is 7.11 Å². The first-order chi connectivity index (χ1) is 9.13. The number of hydrogen-bond acceptors (Lipinski definition) is 5. The number of methoxy groups -OCH3 is 1. The number of hydrogen-bond donors (Lipinski definition) is 1. The molecule has 0 fully saturated rings. The first kappa shape index (κ1) is 15.3. The van der Waals surface area contributed by atoms with E-state index in [4.69, 9.17) is 15.2 Å². The van der Waals surface area contributed by atoms with Crippen LogP contribution in [0.5, 0.6) is 0 Å². The van der Waals surface area contributed by atoms with Gasteiger partial charge in [0.05, 0.1) is 30.7 Å². The number of carbonyl (C=O) groups excluding carboxylic acids is 1. The lowest BCUT2D eigenvalue weighted by Gasteiger charge is -2.24. The number of carbonyl (C=O) groups is 1. The lowest BCUT2D eigenvalue weighted by atomic mass is 10.1. The van der Waals surface area contributed by atoms with E-state index in [2.05, 4.69) is 4.90 Å². The van der Waals surface area contributed by atoms with Crippen molar-refractivity contribution < 1.29 is 14.3 Å². The van der Waals surface area contributed by atoms with E-state index >= 15 is 0 Å². The normalized spacial score (nSPS) is 10.3. The summed E-state index contributed by atoms with van der Waals surface area (Å²) in [6.07, 6.45) is 0. The largest absolute Gasteiger partial charge is 0.465 e. The van der Waals surface area contributed by atoms with Gasteiger partial charge in [-0.1, -0.05) is 0 Å². The second-order valence-electron chi connectivity index (χ2n) is 4.04. The van der Waals surface area contributed by atoms with Gasteiger partial charge in [0.2, 0.25) is 0 Å². The molecule has 106 valence electrons. The molecule has 5 nitrogen and oxygen atoms in total. The number of rotatable bonds is 7. The van der Waals surface area contributed by atoms with Gasteiger partial charge in [-0.05, 0) is 32.0 Å². The van der Waals surface area contributed by atoms with Crippen molar-refractivity contribution >= 4 is 17.3 Å². The van der Waals surface area contributed by atoms with E-state index in [0.717, 1.165) is 18.8 Å². The van der Waals surface area contributed by atoms with Crippen molar-refractivity contribution in [1.82, 2.24) is 0 Å². The molecule has 1 aromatic rings. The Balaban J connectivity index is 2.91. The van der Waals surface area contributed by atoms with E-state index in [0.29, 0.717) is 24.5 Å². The third-order valence-electron chi connectivity index (χ3n) is 2.88. The summed E-state index contributed by atoms with van der Waals surface area (Å²) in [6.45, 7) is 6.85. The monoisotopic (exact) mass is 266 g/mol. The van der Waals surface area contributed by atoms with Crippen LogP contribution in [0.3, 0.4) is 0 Å². The zero-order chi connectivity index (χ0) is 14.3. The third kappa shape index (κ3) is 4.13. The molecule has 0 aliphatic carbocycles. The van der Waals surface area contributed by atoms with Crippen molar-refractivity contribution in [2.45, 2.75) is 13.8 Å². The van der Waals surface area contributed by atoms with E-state index < -0.39 is 0 Å². The van der Waals surface area contributed by atoms with Crippen LogP contribution in [0.2, 0.25) is 0 Å². The molecule has 1 rings (SSSR count). The molecular formula is C14H22N2O3. The maximum atomic E-state index is 11.5. The Kier molecular flexibility index (Phi) is 6.15. The predicted molar refractivity (Wildman–Crippen MR) is 76.6 cm³/mol. The van der Waals surface area contributed by atoms with Crippen molar-refractivity contribution in [3.63, 3.8) is 0 Å². The van der Waals surface area contributed by atoms with Gasteiger partial charge in [-0.25, -0.2) is 4.79 Å². The van der Waals surface area contributed by atoms with E-state index in [1.54, 1.807) is 18.2 Å². The quantitative estimate of drug-likeness (QED) is 0.464. The zero-order valence-corrected chi connectivity index (χ0v) is 11.8. The van der Waals surface area contributed by atoms with Gasteiger partial charge in [0.1, 0.15) is 0 Å². The average molecular weight is 266 g/mol. The van der Waals surface area contributed by atoms with Crippen LogP contribution in [0.1, 0.15) is 24.2 Å². The fourth-order valence-electron chi connectivity index (χ4n) is 1.83. The number of esters is 1. The van der Waals surface area contributed by atoms with Crippen molar-refractivity contribution in [2.75, 3.05) is 44.0 Å². The molecular weight excluding hydrogens is 244 g/mol. The highest BCUT2D eigenvalue weighted by atomic mass is 16.5. The molecule has 2 N–H and O–H groups in total. The molecule has 0 amide bonds. The summed E-state index contributed by atoms with van der Waals surface area (Å²) >= 11 is 0. The van der Waals surface area contributed by atoms with Gasteiger partial charge < -0.3 is 20.1 Å². The molecule has 0 aromatic heterocycles. The van der Waals surface area contributed by atoms with Gasteiger partial charge in [-0.2, -0.15) is 0 Å². The molecule has 19 heavy (non-hydrogen) atoms. The Hall–Kier alpha value is -1.75. The molecule has 5 heteroatoms. The van der Waals surface area contributed by atoms with Crippen molar-refractivity contribution in [2.24, 2.45) is 0 Å². The van der Waals surface area contributed by atoms with Gasteiger partial charge in [0, 0.05) is 19.7 Å². The fourth-order valence-corrected chi connectivity index (χ4v) is 1.83. The molecule has 0 radical (unpaired) electrons. The van der Waals surface area contributed by atoms with Crippen LogP contribution >= 0.6 is 0 Å². The van der Waals surface area contributed by atoms with Crippen LogP contribution < -0.4 is 10.6 Å². The summed E-state index contributed by atoms with van der Waals surface area (Å²) in [5.74, 6) is -0.359. The lowest BCUT2D eigenvalue weighted by Crippen LogP contribution is -2.28. The van der Waals surface area contributed by atoms with Gasteiger partial charge >= 0.3 is 5.97 Å². The summed E-state index contributed by atoms with van der Waals surface area (Å²) in [5.41, 5.74) is 7.96. The van der Waals surface area contributed by atoms with Crippen molar-refractivity contribution in [3.05, 3.63) is 23.8 Å². The molecule has 0 atom stereocenters. The Morgan fingerprint density at radius 3 is 2.68 bits per heavy atom. The molecule has 1 aromatic carbocycles. The smallest absolute Gasteiger partial charge is 0.337 e.